The maximum atomic E-state index is 12.2. The van der Waals surface area contributed by atoms with Crippen molar-refractivity contribution in [3.63, 3.8) is 0 Å². The highest BCUT2D eigenvalue weighted by molar-refractivity contribution is 7.10. The smallest absolute Gasteiger partial charge is 0.327 e. The zero-order valence-corrected chi connectivity index (χ0v) is 14.6. The standard InChI is InChI=1S/C16H17NO3S.C2H6/c1-20-16(19)15(12-4-2-3-5-13(12)18)17-8-6-14-11(10-17)7-9-21-14;1-2/h2-5,7,9,15,18H,6,8,10H2,1H3;1-2H3/t15-;/m0./s1. The van der Waals surface area contributed by atoms with Gasteiger partial charge >= 0.3 is 5.97 Å². The van der Waals surface area contributed by atoms with Gasteiger partial charge in [0.25, 0.3) is 0 Å². The fraction of sp³-hybridized carbons (Fsp3) is 0.389. The van der Waals surface area contributed by atoms with Crippen molar-refractivity contribution in [1.82, 2.24) is 4.90 Å². The summed E-state index contributed by atoms with van der Waals surface area (Å²) >= 11 is 1.76. The number of ether oxygens (including phenoxy) is 1. The van der Waals surface area contributed by atoms with Crippen molar-refractivity contribution >= 4 is 17.3 Å². The second-order valence-electron chi connectivity index (χ2n) is 5.07. The Kier molecular flexibility index (Phi) is 6.19. The Hall–Kier alpha value is -1.85. The number of fused-ring (bicyclic) bond motifs is 1. The number of nitrogens with zero attached hydrogens (tertiary/aromatic N) is 1. The molecule has 1 aromatic carbocycles. The van der Waals surface area contributed by atoms with Crippen molar-refractivity contribution in [1.29, 1.82) is 0 Å². The number of hydrogen-bond acceptors (Lipinski definition) is 5. The number of benzene rings is 1. The minimum absolute atomic E-state index is 0.129. The van der Waals surface area contributed by atoms with Crippen molar-refractivity contribution in [3.05, 3.63) is 51.7 Å². The molecule has 1 aromatic heterocycles. The number of carbonyl (C=O) groups is 1. The molecule has 0 spiro atoms. The van der Waals surface area contributed by atoms with Crippen LogP contribution >= 0.6 is 11.3 Å². The number of phenols is 1. The first-order valence-corrected chi connectivity index (χ1v) is 8.73. The second-order valence-corrected chi connectivity index (χ2v) is 6.07. The van der Waals surface area contributed by atoms with Crippen LogP contribution in [0.2, 0.25) is 0 Å². The van der Waals surface area contributed by atoms with E-state index in [9.17, 15) is 9.90 Å². The lowest BCUT2D eigenvalue weighted by Crippen LogP contribution is -2.38. The van der Waals surface area contributed by atoms with Gasteiger partial charge in [0.05, 0.1) is 7.11 Å². The molecule has 2 heterocycles. The van der Waals surface area contributed by atoms with Gasteiger partial charge in [-0.25, -0.2) is 4.79 Å². The quantitative estimate of drug-likeness (QED) is 0.869. The maximum Gasteiger partial charge on any atom is 0.327 e. The molecule has 1 aliphatic heterocycles. The lowest BCUT2D eigenvalue weighted by Gasteiger charge is -2.33. The molecule has 0 fully saturated rings. The van der Waals surface area contributed by atoms with Crippen LogP contribution in [0.1, 0.15) is 35.9 Å². The van der Waals surface area contributed by atoms with Crippen LogP contribution in [-0.4, -0.2) is 29.6 Å². The Labute approximate surface area is 141 Å². The van der Waals surface area contributed by atoms with Crippen molar-refractivity contribution in [2.75, 3.05) is 13.7 Å². The van der Waals surface area contributed by atoms with E-state index in [1.165, 1.54) is 17.6 Å². The van der Waals surface area contributed by atoms with Crippen molar-refractivity contribution < 1.29 is 14.6 Å². The molecule has 0 bridgehead atoms. The highest BCUT2D eigenvalue weighted by Gasteiger charge is 2.33. The molecule has 3 rings (SSSR count). The zero-order valence-electron chi connectivity index (χ0n) is 13.8. The van der Waals surface area contributed by atoms with E-state index in [0.29, 0.717) is 12.1 Å². The van der Waals surface area contributed by atoms with Gasteiger partial charge in [0.1, 0.15) is 11.8 Å². The van der Waals surface area contributed by atoms with Gasteiger partial charge in [-0.05, 0) is 29.5 Å². The van der Waals surface area contributed by atoms with E-state index in [0.717, 1.165) is 13.0 Å². The first-order valence-electron chi connectivity index (χ1n) is 7.85. The second kappa shape index (κ2) is 8.13. The first-order chi connectivity index (χ1) is 11.2. The third-order valence-electron chi connectivity index (χ3n) is 3.86. The van der Waals surface area contributed by atoms with Crippen LogP contribution < -0.4 is 0 Å². The number of carbonyl (C=O) groups excluding carboxylic acids is 1. The largest absolute Gasteiger partial charge is 0.508 e. The van der Waals surface area contributed by atoms with E-state index in [1.54, 1.807) is 29.5 Å². The SMILES string of the molecule is CC.COC(=O)[C@H](c1ccccc1O)N1CCc2sccc2C1. The highest BCUT2D eigenvalue weighted by atomic mass is 32.1. The Balaban J connectivity index is 0.000000924. The van der Waals surface area contributed by atoms with Gasteiger partial charge in [0.2, 0.25) is 0 Å². The fourth-order valence-corrected chi connectivity index (χ4v) is 3.68. The van der Waals surface area contributed by atoms with E-state index < -0.39 is 6.04 Å². The Morgan fingerprint density at radius 1 is 1.30 bits per heavy atom. The molecule has 1 aliphatic rings. The predicted octanol–water partition coefficient (Wildman–Crippen LogP) is 3.75. The van der Waals surface area contributed by atoms with Crippen LogP contribution in [0.15, 0.2) is 35.7 Å². The molecule has 5 heteroatoms. The molecule has 124 valence electrons. The van der Waals surface area contributed by atoms with E-state index in [1.807, 2.05) is 19.9 Å². The van der Waals surface area contributed by atoms with E-state index in [4.69, 9.17) is 4.74 Å². The van der Waals surface area contributed by atoms with Crippen molar-refractivity contribution in [2.24, 2.45) is 0 Å². The van der Waals surface area contributed by atoms with Gasteiger partial charge in [0, 0.05) is 23.5 Å². The third kappa shape index (κ3) is 3.74. The molecule has 0 amide bonds. The van der Waals surface area contributed by atoms with Gasteiger partial charge in [-0.2, -0.15) is 0 Å². The van der Waals surface area contributed by atoms with Gasteiger partial charge < -0.3 is 9.84 Å². The summed E-state index contributed by atoms with van der Waals surface area (Å²) in [5.41, 5.74) is 1.86. The van der Waals surface area contributed by atoms with Gasteiger partial charge in [-0.15, -0.1) is 11.3 Å². The normalized spacial score (nSPS) is 15.1. The first kappa shape index (κ1) is 17.5. The number of para-hydroxylation sites is 1. The van der Waals surface area contributed by atoms with Crippen LogP contribution in [0, 0.1) is 0 Å². The summed E-state index contributed by atoms with van der Waals surface area (Å²) in [5, 5.41) is 12.2. The Morgan fingerprint density at radius 2 is 2.04 bits per heavy atom. The van der Waals surface area contributed by atoms with Crippen molar-refractivity contribution in [2.45, 2.75) is 32.9 Å². The number of thiophene rings is 1. The molecule has 0 radical (unpaired) electrons. The molecule has 1 atom stereocenters. The summed E-state index contributed by atoms with van der Waals surface area (Å²) in [7, 11) is 1.38. The summed E-state index contributed by atoms with van der Waals surface area (Å²) in [5.74, 6) is -0.209. The maximum absolute atomic E-state index is 12.2. The van der Waals surface area contributed by atoms with Crippen LogP contribution in [0.3, 0.4) is 0 Å². The number of hydrogen-bond donors (Lipinski definition) is 1. The van der Waals surface area contributed by atoms with Crippen LogP contribution in [0.25, 0.3) is 0 Å². The third-order valence-corrected chi connectivity index (χ3v) is 4.88. The number of esters is 1. The predicted molar refractivity (Wildman–Crippen MR) is 92.6 cm³/mol. The zero-order chi connectivity index (χ0) is 16.8. The van der Waals surface area contributed by atoms with Crippen molar-refractivity contribution in [3.8, 4) is 5.75 Å². The summed E-state index contributed by atoms with van der Waals surface area (Å²) in [6, 6.07) is 8.49. The molecule has 0 aliphatic carbocycles. The van der Waals surface area contributed by atoms with E-state index in [2.05, 4.69) is 16.3 Å². The topological polar surface area (TPSA) is 49.8 Å². The summed E-state index contributed by atoms with van der Waals surface area (Å²) in [6.45, 7) is 5.48. The van der Waals surface area contributed by atoms with Gasteiger partial charge in [-0.1, -0.05) is 32.0 Å². The molecule has 4 nitrogen and oxygen atoms in total. The summed E-state index contributed by atoms with van der Waals surface area (Å²) in [4.78, 5) is 15.7. The lowest BCUT2D eigenvalue weighted by molar-refractivity contribution is -0.147. The number of aromatic hydroxyl groups is 1. The van der Waals surface area contributed by atoms with Crippen LogP contribution in [-0.2, 0) is 22.5 Å². The lowest BCUT2D eigenvalue weighted by atomic mass is 10.0. The van der Waals surface area contributed by atoms with Gasteiger partial charge in [0.15, 0.2) is 0 Å². The Bertz CT molecular complexity index is 653. The molecule has 23 heavy (non-hydrogen) atoms. The number of rotatable bonds is 3. The van der Waals surface area contributed by atoms with Crippen LogP contribution in [0.4, 0.5) is 0 Å². The van der Waals surface area contributed by atoms with E-state index in [-0.39, 0.29) is 11.7 Å². The molecule has 1 N–H and O–H groups in total. The van der Waals surface area contributed by atoms with E-state index >= 15 is 0 Å². The average molecular weight is 333 g/mol. The monoisotopic (exact) mass is 333 g/mol. The fourth-order valence-electron chi connectivity index (χ4n) is 2.79. The minimum atomic E-state index is -0.566. The summed E-state index contributed by atoms with van der Waals surface area (Å²) < 4.78 is 4.96. The molecule has 0 unspecified atom stereocenters. The number of methoxy groups -OCH3 is 1. The molecular formula is C18H23NO3S. The highest BCUT2D eigenvalue weighted by Crippen LogP contribution is 2.34. The Morgan fingerprint density at radius 3 is 2.74 bits per heavy atom. The summed E-state index contributed by atoms with van der Waals surface area (Å²) in [6.07, 6.45) is 0.925. The minimum Gasteiger partial charge on any atom is -0.508 e. The molecular weight excluding hydrogens is 310 g/mol. The van der Waals surface area contributed by atoms with Crippen LogP contribution in [0.5, 0.6) is 5.75 Å². The molecule has 0 saturated carbocycles. The van der Waals surface area contributed by atoms with Gasteiger partial charge in [-0.3, -0.25) is 4.90 Å². The average Bonchev–Trinajstić information content (AvgIpc) is 3.06. The number of phenolic OH excluding ortho intramolecular Hbond substituents is 1. The molecule has 2 aromatic rings. The molecule has 0 saturated heterocycles.